The fourth-order valence-electron chi connectivity index (χ4n) is 3.01. The molecule has 0 spiro atoms. The predicted molar refractivity (Wildman–Crippen MR) is 121 cm³/mol. The zero-order valence-electron chi connectivity index (χ0n) is 18.3. The lowest BCUT2D eigenvalue weighted by Gasteiger charge is -2.09. The first-order chi connectivity index (χ1) is 14.2. The quantitative estimate of drug-likeness (QED) is 0.238. The second-order valence-electron chi connectivity index (χ2n) is 7.46. The summed E-state index contributed by atoms with van der Waals surface area (Å²) in [7, 11) is 0. The molecule has 2 rings (SSSR count). The highest BCUT2D eigenvalue weighted by atomic mass is 16.5. The summed E-state index contributed by atoms with van der Waals surface area (Å²) in [4.78, 5) is 0. The maximum atomic E-state index is 5.88. The van der Waals surface area contributed by atoms with Gasteiger partial charge in [0.25, 0.3) is 0 Å². The van der Waals surface area contributed by atoms with Crippen LogP contribution >= 0.6 is 0 Å². The number of aryl methyl sites for hydroxylation is 1. The van der Waals surface area contributed by atoms with E-state index >= 15 is 0 Å². The van der Waals surface area contributed by atoms with E-state index in [1.165, 1.54) is 38.5 Å². The van der Waals surface area contributed by atoms with Crippen molar-refractivity contribution in [2.75, 3.05) is 13.2 Å². The van der Waals surface area contributed by atoms with Gasteiger partial charge in [-0.3, -0.25) is 0 Å². The average molecular weight is 397 g/mol. The zero-order chi connectivity index (χ0) is 20.7. The van der Waals surface area contributed by atoms with Crippen molar-refractivity contribution in [3.8, 4) is 11.5 Å². The molecule has 0 heterocycles. The number of hydrogen-bond acceptors (Lipinski definition) is 4. The fraction of sp³-hybridized carbons (Fsp3) is 0.520. The van der Waals surface area contributed by atoms with E-state index in [1.54, 1.807) is 0 Å². The highest BCUT2D eigenvalue weighted by molar-refractivity contribution is 5.47. The van der Waals surface area contributed by atoms with Crippen LogP contribution in [0.4, 0.5) is 11.4 Å². The van der Waals surface area contributed by atoms with Crippen LogP contribution in [-0.4, -0.2) is 13.2 Å². The van der Waals surface area contributed by atoms with Crippen molar-refractivity contribution in [1.29, 1.82) is 0 Å². The molecular formula is C25H36N2O2. The van der Waals surface area contributed by atoms with Crippen molar-refractivity contribution in [2.45, 2.75) is 72.1 Å². The van der Waals surface area contributed by atoms with Crippen LogP contribution in [0.5, 0.6) is 11.5 Å². The minimum absolute atomic E-state index is 0.771. The topological polar surface area (TPSA) is 43.2 Å². The maximum absolute atomic E-state index is 5.88. The van der Waals surface area contributed by atoms with Crippen LogP contribution in [0.25, 0.3) is 0 Å². The molecule has 158 valence electrons. The van der Waals surface area contributed by atoms with E-state index < -0.39 is 0 Å². The highest BCUT2D eigenvalue weighted by Crippen LogP contribution is 2.26. The molecule has 0 aromatic heterocycles. The van der Waals surface area contributed by atoms with Crippen LogP contribution < -0.4 is 9.47 Å². The molecule has 0 radical (unpaired) electrons. The van der Waals surface area contributed by atoms with E-state index in [0.717, 1.165) is 54.5 Å². The van der Waals surface area contributed by atoms with Gasteiger partial charge in [0.1, 0.15) is 11.5 Å². The molecule has 4 nitrogen and oxygen atoms in total. The van der Waals surface area contributed by atoms with Crippen molar-refractivity contribution in [1.82, 2.24) is 0 Å². The van der Waals surface area contributed by atoms with Gasteiger partial charge in [-0.15, -0.1) is 0 Å². The Balaban J connectivity index is 1.80. The minimum atomic E-state index is 0.771. The summed E-state index contributed by atoms with van der Waals surface area (Å²) in [6.07, 6.45) is 9.69. The minimum Gasteiger partial charge on any atom is -0.494 e. The first-order valence-corrected chi connectivity index (χ1v) is 11.1. The third-order valence-corrected chi connectivity index (χ3v) is 4.80. The standard InChI is InChI=1S/C25H36N2O2/c1-4-6-8-10-18-28-24-15-12-22(13-16-24)26-27-23-14-17-25(21(3)20-23)29-19-11-9-7-5-2/h12-17,20H,4-11,18-19H2,1-3H3. The number of benzene rings is 2. The molecule has 0 aliphatic heterocycles. The third kappa shape index (κ3) is 9.12. The molecule has 0 saturated carbocycles. The molecule has 0 fully saturated rings. The molecule has 0 aliphatic rings. The summed E-state index contributed by atoms with van der Waals surface area (Å²) >= 11 is 0. The lowest BCUT2D eigenvalue weighted by Crippen LogP contribution is -1.98. The van der Waals surface area contributed by atoms with Crippen LogP contribution in [0, 0.1) is 6.92 Å². The summed E-state index contributed by atoms with van der Waals surface area (Å²) < 4.78 is 11.6. The number of unbranched alkanes of at least 4 members (excludes halogenated alkanes) is 6. The monoisotopic (exact) mass is 396 g/mol. The van der Waals surface area contributed by atoms with Gasteiger partial charge in [-0.1, -0.05) is 52.4 Å². The van der Waals surface area contributed by atoms with Gasteiger partial charge >= 0.3 is 0 Å². The number of rotatable bonds is 14. The van der Waals surface area contributed by atoms with Gasteiger partial charge < -0.3 is 9.47 Å². The van der Waals surface area contributed by atoms with Gasteiger partial charge in [-0.2, -0.15) is 10.2 Å². The van der Waals surface area contributed by atoms with E-state index in [2.05, 4.69) is 24.1 Å². The van der Waals surface area contributed by atoms with E-state index in [4.69, 9.17) is 9.47 Å². The van der Waals surface area contributed by atoms with Crippen LogP contribution in [0.2, 0.25) is 0 Å². The van der Waals surface area contributed by atoms with Crippen LogP contribution in [-0.2, 0) is 0 Å². The summed E-state index contributed by atoms with van der Waals surface area (Å²) in [6.45, 7) is 8.03. The molecule has 0 amide bonds. The van der Waals surface area contributed by atoms with Crippen LogP contribution in [0.3, 0.4) is 0 Å². The Morgan fingerprint density at radius 2 is 1.24 bits per heavy atom. The summed E-state index contributed by atoms with van der Waals surface area (Å²) in [5, 5.41) is 8.69. The van der Waals surface area contributed by atoms with Crippen LogP contribution in [0.1, 0.15) is 70.8 Å². The predicted octanol–water partition coefficient (Wildman–Crippen LogP) is 8.33. The Morgan fingerprint density at radius 1 is 0.655 bits per heavy atom. The van der Waals surface area contributed by atoms with Crippen molar-refractivity contribution < 1.29 is 9.47 Å². The normalized spacial score (nSPS) is 11.1. The molecule has 0 atom stereocenters. The number of hydrogen-bond donors (Lipinski definition) is 0. The Morgan fingerprint density at radius 3 is 1.86 bits per heavy atom. The van der Waals surface area contributed by atoms with Crippen LogP contribution in [0.15, 0.2) is 52.7 Å². The summed E-state index contributed by atoms with van der Waals surface area (Å²) in [5.41, 5.74) is 2.73. The lowest BCUT2D eigenvalue weighted by molar-refractivity contribution is 0.303. The zero-order valence-corrected chi connectivity index (χ0v) is 18.3. The Hall–Kier alpha value is -2.36. The smallest absolute Gasteiger partial charge is 0.122 e. The molecule has 29 heavy (non-hydrogen) atoms. The van der Waals surface area contributed by atoms with Gasteiger partial charge in [-0.25, -0.2) is 0 Å². The summed E-state index contributed by atoms with van der Waals surface area (Å²) in [6, 6.07) is 13.7. The molecule has 2 aromatic rings. The molecular weight excluding hydrogens is 360 g/mol. The van der Waals surface area contributed by atoms with E-state index in [9.17, 15) is 0 Å². The second kappa shape index (κ2) is 13.8. The maximum Gasteiger partial charge on any atom is 0.122 e. The Bertz CT molecular complexity index is 726. The number of nitrogens with zero attached hydrogens (tertiary/aromatic N) is 2. The van der Waals surface area contributed by atoms with Gasteiger partial charge in [0.15, 0.2) is 0 Å². The fourth-order valence-corrected chi connectivity index (χ4v) is 3.01. The van der Waals surface area contributed by atoms with Crippen molar-refractivity contribution >= 4 is 11.4 Å². The second-order valence-corrected chi connectivity index (χ2v) is 7.46. The van der Waals surface area contributed by atoms with Gasteiger partial charge in [0.05, 0.1) is 24.6 Å². The van der Waals surface area contributed by atoms with Crippen molar-refractivity contribution in [3.05, 3.63) is 48.0 Å². The van der Waals surface area contributed by atoms with Gasteiger partial charge in [-0.05, 0) is 67.8 Å². The van der Waals surface area contributed by atoms with E-state index in [-0.39, 0.29) is 0 Å². The third-order valence-electron chi connectivity index (χ3n) is 4.80. The average Bonchev–Trinajstić information content (AvgIpc) is 2.74. The molecule has 0 saturated heterocycles. The van der Waals surface area contributed by atoms with Gasteiger partial charge in [0, 0.05) is 0 Å². The molecule has 4 heteroatoms. The largest absolute Gasteiger partial charge is 0.494 e. The Kier molecular flexibility index (Phi) is 10.9. The summed E-state index contributed by atoms with van der Waals surface area (Å²) in [5.74, 6) is 1.82. The molecule has 0 aliphatic carbocycles. The lowest BCUT2D eigenvalue weighted by atomic mass is 10.2. The number of azo groups is 1. The molecule has 0 N–H and O–H groups in total. The first kappa shape index (κ1) is 22.9. The first-order valence-electron chi connectivity index (χ1n) is 11.1. The Labute approximate surface area is 176 Å². The van der Waals surface area contributed by atoms with E-state index in [1.807, 2.05) is 49.4 Å². The van der Waals surface area contributed by atoms with Gasteiger partial charge in [0.2, 0.25) is 0 Å². The molecule has 0 unspecified atom stereocenters. The molecule has 2 aromatic carbocycles. The van der Waals surface area contributed by atoms with Crippen molar-refractivity contribution in [3.63, 3.8) is 0 Å². The number of ether oxygens (including phenoxy) is 2. The highest BCUT2D eigenvalue weighted by Gasteiger charge is 2.02. The molecule has 0 bridgehead atoms. The SMILES string of the molecule is CCCCCCOc1ccc(N=Nc2ccc(OCCCCCC)c(C)c2)cc1. The van der Waals surface area contributed by atoms with Crippen molar-refractivity contribution in [2.24, 2.45) is 10.2 Å². The van der Waals surface area contributed by atoms with E-state index in [0.29, 0.717) is 0 Å².